The molecule has 1 unspecified atom stereocenters. The molecule has 1 aliphatic rings. The maximum absolute atomic E-state index is 12.7. The molecule has 1 N–H and O–H groups in total. The van der Waals surface area contributed by atoms with Crippen LogP contribution in [0.3, 0.4) is 0 Å². The van der Waals surface area contributed by atoms with Gasteiger partial charge in [0.25, 0.3) is 0 Å². The Kier molecular flexibility index (Phi) is 5.70. The molecule has 0 bridgehead atoms. The maximum atomic E-state index is 12.7. The second kappa shape index (κ2) is 8.00. The van der Waals surface area contributed by atoms with Crippen molar-refractivity contribution in [2.45, 2.75) is 13.3 Å². The number of anilines is 2. The maximum Gasteiger partial charge on any atom is 0.229 e. The van der Waals surface area contributed by atoms with E-state index in [1.807, 2.05) is 25.1 Å². The SMILES string of the molecule is COc1ccc(OC)c(N2CC(C(=O)Nc3ccc(Br)cc3C)CC2=O)c1. The first kappa shape index (κ1) is 19.2. The lowest BCUT2D eigenvalue weighted by molar-refractivity contribution is -0.122. The molecule has 27 heavy (non-hydrogen) atoms. The molecule has 0 saturated carbocycles. The standard InChI is InChI=1S/C20H21BrN2O4/c1-12-8-14(21)4-6-16(12)22-20(25)13-9-19(24)23(11-13)17-10-15(26-2)5-7-18(17)27-3/h4-8,10,13H,9,11H2,1-3H3,(H,22,25). The molecule has 3 rings (SSSR count). The summed E-state index contributed by atoms with van der Waals surface area (Å²) in [5.74, 6) is 0.467. The Balaban J connectivity index is 1.78. The van der Waals surface area contributed by atoms with Crippen molar-refractivity contribution in [2.75, 3.05) is 31.0 Å². The van der Waals surface area contributed by atoms with Crippen LogP contribution in [0.15, 0.2) is 40.9 Å². The third-order valence-electron chi connectivity index (χ3n) is 4.62. The molecule has 142 valence electrons. The Morgan fingerprint density at radius 2 is 1.96 bits per heavy atom. The van der Waals surface area contributed by atoms with Crippen LogP contribution >= 0.6 is 15.9 Å². The second-order valence-corrected chi connectivity index (χ2v) is 7.31. The van der Waals surface area contributed by atoms with E-state index in [0.29, 0.717) is 23.7 Å². The summed E-state index contributed by atoms with van der Waals surface area (Å²) in [6.45, 7) is 2.22. The van der Waals surface area contributed by atoms with Crippen LogP contribution in [0.4, 0.5) is 11.4 Å². The van der Waals surface area contributed by atoms with Gasteiger partial charge in [-0.25, -0.2) is 0 Å². The van der Waals surface area contributed by atoms with Gasteiger partial charge in [-0.2, -0.15) is 0 Å². The molecule has 6 nitrogen and oxygen atoms in total. The monoisotopic (exact) mass is 432 g/mol. The van der Waals surface area contributed by atoms with Gasteiger partial charge in [-0.05, 0) is 42.8 Å². The van der Waals surface area contributed by atoms with Crippen molar-refractivity contribution in [2.24, 2.45) is 5.92 Å². The molecule has 2 aromatic carbocycles. The Morgan fingerprint density at radius 3 is 2.63 bits per heavy atom. The summed E-state index contributed by atoms with van der Waals surface area (Å²) in [6.07, 6.45) is 0.155. The topological polar surface area (TPSA) is 67.9 Å². The van der Waals surface area contributed by atoms with Gasteiger partial charge in [0.05, 0.1) is 25.8 Å². The molecular formula is C20H21BrN2O4. The number of rotatable bonds is 5. The van der Waals surface area contributed by atoms with Gasteiger partial charge in [0, 0.05) is 29.2 Å². The van der Waals surface area contributed by atoms with Crippen LogP contribution in [-0.2, 0) is 9.59 Å². The molecule has 1 aliphatic heterocycles. The number of carbonyl (C=O) groups is 2. The summed E-state index contributed by atoms with van der Waals surface area (Å²) in [6, 6.07) is 10.9. The van der Waals surface area contributed by atoms with Crippen molar-refractivity contribution < 1.29 is 19.1 Å². The number of amides is 2. The number of methoxy groups -OCH3 is 2. The molecule has 1 atom stereocenters. The molecule has 2 amide bonds. The van der Waals surface area contributed by atoms with Crippen LogP contribution in [0.25, 0.3) is 0 Å². The highest BCUT2D eigenvalue weighted by Crippen LogP contribution is 2.36. The molecule has 0 aromatic heterocycles. The van der Waals surface area contributed by atoms with Crippen molar-refractivity contribution in [3.05, 3.63) is 46.4 Å². The summed E-state index contributed by atoms with van der Waals surface area (Å²) >= 11 is 3.41. The molecular weight excluding hydrogens is 412 g/mol. The van der Waals surface area contributed by atoms with Gasteiger partial charge in [-0.15, -0.1) is 0 Å². The number of carbonyl (C=O) groups excluding carboxylic acids is 2. The number of nitrogens with one attached hydrogen (secondary N) is 1. The lowest BCUT2D eigenvalue weighted by Crippen LogP contribution is -2.28. The van der Waals surface area contributed by atoms with Crippen LogP contribution in [-0.4, -0.2) is 32.6 Å². The van der Waals surface area contributed by atoms with Gasteiger partial charge in [0.2, 0.25) is 11.8 Å². The Bertz CT molecular complexity index is 884. The first-order chi connectivity index (χ1) is 12.9. The van der Waals surface area contributed by atoms with Crippen molar-refractivity contribution >= 4 is 39.1 Å². The van der Waals surface area contributed by atoms with Crippen LogP contribution in [0.5, 0.6) is 11.5 Å². The van der Waals surface area contributed by atoms with E-state index in [1.54, 1.807) is 37.3 Å². The zero-order chi connectivity index (χ0) is 19.6. The molecule has 2 aromatic rings. The van der Waals surface area contributed by atoms with Gasteiger partial charge < -0.3 is 19.7 Å². The van der Waals surface area contributed by atoms with E-state index in [0.717, 1.165) is 15.7 Å². The average molecular weight is 433 g/mol. The lowest BCUT2D eigenvalue weighted by Gasteiger charge is -2.20. The second-order valence-electron chi connectivity index (χ2n) is 6.39. The Labute approximate surface area is 166 Å². The summed E-state index contributed by atoms with van der Waals surface area (Å²) in [5, 5.41) is 2.93. The molecule has 0 radical (unpaired) electrons. The van der Waals surface area contributed by atoms with Crippen LogP contribution in [0, 0.1) is 12.8 Å². The quantitative estimate of drug-likeness (QED) is 0.780. The summed E-state index contributed by atoms with van der Waals surface area (Å²) in [4.78, 5) is 26.8. The first-order valence-electron chi connectivity index (χ1n) is 8.52. The van der Waals surface area contributed by atoms with Gasteiger partial charge in [0.15, 0.2) is 0 Å². The Morgan fingerprint density at radius 1 is 1.19 bits per heavy atom. The summed E-state index contributed by atoms with van der Waals surface area (Å²) < 4.78 is 11.6. The highest BCUT2D eigenvalue weighted by Gasteiger charge is 2.36. The predicted octanol–water partition coefficient (Wildman–Crippen LogP) is 3.77. The zero-order valence-corrected chi connectivity index (χ0v) is 17.0. The third kappa shape index (κ3) is 4.08. The number of ether oxygens (including phenoxy) is 2. The van der Waals surface area contributed by atoms with Crippen LogP contribution in [0.1, 0.15) is 12.0 Å². The van der Waals surface area contributed by atoms with Gasteiger partial charge in [0.1, 0.15) is 11.5 Å². The van der Waals surface area contributed by atoms with E-state index in [-0.39, 0.29) is 18.2 Å². The zero-order valence-electron chi connectivity index (χ0n) is 15.4. The minimum absolute atomic E-state index is 0.116. The minimum atomic E-state index is -0.434. The first-order valence-corrected chi connectivity index (χ1v) is 9.31. The molecule has 7 heteroatoms. The van der Waals surface area contributed by atoms with Crippen molar-refractivity contribution in [1.82, 2.24) is 0 Å². The van der Waals surface area contributed by atoms with Crippen molar-refractivity contribution in [3.8, 4) is 11.5 Å². The van der Waals surface area contributed by atoms with Crippen molar-refractivity contribution in [3.63, 3.8) is 0 Å². The number of aryl methyl sites for hydroxylation is 1. The fourth-order valence-corrected chi connectivity index (χ4v) is 3.60. The number of halogens is 1. The smallest absolute Gasteiger partial charge is 0.229 e. The minimum Gasteiger partial charge on any atom is -0.497 e. The normalized spacial score (nSPS) is 16.4. The molecule has 0 spiro atoms. The van der Waals surface area contributed by atoms with Gasteiger partial charge in [-0.1, -0.05) is 15.9 Å². The van der Waals surface area contributed by atoms with Crippen LogP contribution < -0.4 is 19.7 Å². The molecule has 1 fully saturated rings. The third-order valence-corrected chi connectivity index (χ3v) is 5.11. The number of nitrogens with zero attached hydrogens (tertiary/aromatic N) is 1. The van der Waals surface area contributed by atoms with Gasteiger partial charge >= 0.3 is 0 Å². The van der Waals surface area contributed by atoms with E-state index < -0.39 is 5.92 Å². The highest BCUT2D eigenvalue weighted by atomic mass is 79.9. The largest absolute Gasteiger partial charge is 0.497 e. The average Bonchev–Trinajstić information content (AvgIpc) is 3.05. The fraction of sp³-hybridized carbons (Fsp3) is 0.300. The number of hydrogen-bond donors (Lipinski definition) is 1. The predicted molar refractivity (Wildman–Crippen MR) is 108 cm³/mol. The van der Waals surface area contributed by atoms with E-state index in [4.69, 9.17) is 9.47 Å². The van der Waals surface area contributed by atoms with Gasteiger partial charge in [-0.3, -0.25) is 9.59 Å². The van der Waals surface area contributed by atoms with Crippen molar-refractivity contribution in [1.29, 1.82) is 0 Å². The summed E-state index contributed by atoms with van der Waals surface area (Å²) in [5.41, 5.74) is 2.30. The van der Waals surface area contributed by atoms with E-state index >= 15 is 0 Å². The van der Waals surface area contributed by atoms with E-state index in [9.17, 15) is 9.59 Å². The Hall–Kier alpha value is -2.54. The van der Waals surface area contributed by atoms with Crippen LogP contribution in [0.2, 0.25) is 0 Å². The van der Waals surface area contributed by atoms with E-state index in [1.165, 1.54) is 0 Å². The van der Waals surface area contributed by atoms with E-state index in [2.05, 4.69) is 21.2 Å². The fourth-order valence-electron chi connectivity index (χ4n) is 3.13. The molecule has 0 aliphatic carbocycles. The number of hydrogen-bond acceptors (Lipinski definition) is 4. The molecule has 1 saturated heterocycles. The molecule has 1 heterocycles. The summed E-state index contributed by atoms with van der Waals surface area (Å²) in [7, 11) is 3.11. The lowest BCUT2D eigenvalue weighted by atomic mass is 10.1. The number of benzene rings is 2. The highest BCUT2D eigenvalue weighted by molar-refractivity contribution is 9.10.